The molecule has 0 aromatic heterocycles. The third kappa shape index (κ3) is 2.28. The van der Waals surface area contributed by atoms with Gasteiger partial charge in [-0.15, -0.1) is 0 Å². The molecule has 3 heteroatoms. The quantitative estimate of drug-likeness (QED) is 0.808. The van der Waals surface area contributed by atoms with Crippen LogP contribution in [0, 0.1) is 17.2 Å². The van der Waals surface area contributed by atoms with Gasteiger partial charge in [-0.3, -0.25) is 0 Å². The van der Waals surface area contributed by atoms with E-state index < -0.39 is 5.54 Å². The highest BCUT2D eigenvalue weighted by molar-refractivity contribution is 5.22. The first kappa shape index (κ1) is 10.0. The number of nitrogens with two attached hydrogens (primary N) is 1. The summed E-state index contributed by atoms with van der Waals surface area (Å²) < 4.78 is 5.52. The number of rotatable bonds is 4. The van der Waals surface area contributed by atoms with Crippen LogP contribution >= 0.6 is 0 Å². The largest absolute Gasteiger partial charge is 0.491 e. The second-order valence-electron chi connectivity index (χ2n) is 4.03. The van der Waals surface area contributed by atoms with Crippen LogP contribution in [-0.4, -0.2) is 12.1 Å². The van der Waals surface area contributed by atoms with Crippen molar-refractivity contribution in [1.29, 1.82) is 5.26 Å². The van der Waals surface area contributed by atoms with E-state index in [1.54, 1.807) is 0 Å². The van der Waals surface area contributed by atoms with Crippen molar-refractivity contribution in [3.05, 3.63) is 30.3 Å². The lowest BCUT2D eigenvalue weighted by Crippen LogP contribution is -2.46. The smallest absolute Gasteiger partial charge is 0.141 e. The van der Waals surface area contributed by atoms with Crippen molar-refractivity contribution in [3.8, 4) is 11.8 Å². The standard InChI is InChI=1S/C12H14N2O/c13-8-12(14,10-6-7-10)9-15-11-4-2-1-3-5-11/h1-5,10H,6-7,9,14H2. The summed E-state index contributed by atoms with van der Waals surface area (Å²) >= 11 is 0. The van der Waals surface area contributed by atoms with Crippen molar-refractivity contribution in [2.75, 3.05) is 6.61 Å². The van der Waals surface area contributed by atoms with Crippen molar-refractivity contribution in [2.45, 2.75) is 18.4 Å². The maximum atomic E-state index is 9.02. The van der Waals surface area contributed by atoms with Crippen LogP contribution in [0.1, 0.15) is 12.8 Å². The van der Waals surface area contributed by atoms with Gasteiger partial charge in [-0.05, 0) is 30.9 Å². The van der Waals surface area contributed by atoms with Gasteiger partial charge in [-0.2, -0.15) is 5.26 Å². The highest BCUT2D eigenvalue weighted by Crippen LogP contribution is 2.38. The predicted molar refractivity (Wildman–Crippen MR) is 57.2 cm³/mol. The number of nitriles is 1. The summed E-state index contributed by atoms with van der Waals surface area (Å²) in [5.74, 6) is 1.08. The van der Waals surface area contributed by atoms with Gasteiger partial charge in [-0.25, -0.2) is 0 Å². The lowest BCUT2D eigenvalue weighted by Gasteiger charge is -2.21. The third-order valence-corrected chi connectivity index (χ3v) is 2.73. The maximum Gasteiger partial charge on any atom is 0.141 e. The topological polar surface area (TPSA) is 59.0 Å². The molecule has 15 heavy (non-hydrogen) atoms. The monoisotopic (exact) mass is 202 g/mol. The molecular weight excluding hydrogens is 188 g/mol. The van der Waals surface area contributed by atoms with E-state index in [2.05, 4.69) is 6.07 Å². The van der Waals surface area contributed by atoms with E-state index in [1.165, 1.54) is 0 Å². The van der Waals surface area contributed by atoms with Gasteiger partial charge in [0.1, 0.15) is 17.9 Å². The Morgan fingerprint density at radius 1 is 1.40 bits per heavy atom. The fourth-order valence-electron chi connectivity index (χ4n) is 1.56. The molecule has 2 rings (SSSR count). The molecular formula is C12H14N2O. The number of nitrogens with zero attached hydrogens (tertiary/aromatic N) is 1. The molecule has 3 nitrogen and oxygen atoms in total. The number of benzene rings is 1. The molecule has 1 saturated carbocycles. The molecule has 2 N–H and O–H groups in total. The Bertz CT molecular complexity index is 367. The summed E-state index contributed by atoms with van der Waals surface area (Å²) in [5, 5.41) is 9.02. The SMILES string of the molecule is N#CC(N)(COc1ccccc1)C1CC1. The lowest BCUT2D eigenvalue weighted by molar-refractivity contribution is 0.237. The van der Waals surface area contributed by atoms with Crippen molar-refractivity contribution in [1.82, 2.24) is 0 Å². The minimum absolute atomic E-state index is 0.276. The van der Waals surface area contributed by atoms with E-state index >= 15 is 0 Å². The molecule has 1 atom stereocenters. The first-order valence-electron chi connectivity index (χ1n) is 5.12. The Labute approximate surface area is 89.5 Å². The Morgan fingerprint density at radius 3 is 2.60 bits per heavy atom. The fourth-order valence-corrected chi connectivity index (χ4v) is 1.56. The Kier molecular flexibility index (Phi) is 2.61. The Morgan fingerprint density at radius 2 is 2.07 bits per heavy atom. The van der Waals surface area contributed by atoms with Gasteiger partial charge in [0.05, 0.1) is 6.07 Å². The average Bonchev–Trinajstić information content (AvgIpc) is 3.11. The first-order chi connectivity index (χ1) is 7.24. The summed E-state index contributed by atoms with van der Waals surface area (Å²) in [6.07, 6.45) is 2.09. The molecule has 0 heterocycles. The zero-order chi connectivity index (χ0) is 10.7. The molecule has 0 radical (unpaired) electrons. The molecule has 78 valence electrons. The average molecular weight is 202 g/mol. The predicted octanol–water partition coefficient (Wildman–Crippen LogP) is 1.70. The van der Waals surface area contributed by atoms with Gasteiger partial charge in [0, 0.05) is 0 Å². The lowest BCUT2D eigenvalue weighted by atomic mass is 9.98. The van der Waals surface area contributed by atoms with Crippen LogP contribution in [0.25, 0.3) is 0 Å². The van der Waals surface area contributed by atoms with E-state index in [0.29, 0.717) is 5.92 Å². The zero-order valence-corrected chi connectivity index (χ0v) is 8.52. The zero-order valence-electron chi connectivity index (χ0n) is 8.52. The van der Waals surface area contributed by atoms with Gasteiger partial charge >= 0.3 is 0 Å². The first-order valence-corrected chi connectivity index (χ1v) is 5.12. The van der Waals surface area contributed by atoms with E-state index in [0.717, 1.165) is 18.6 Å². The Balaban J connectivity index is 1.95. The molecule has 1 aliphatic rings. The molecule has 1 aliphatic carbocycles. The molecule has 0 saturated heterocycles. The van der Waals surface area contributed by atoms with Gasteiger partial charge in [-0.1, -0.05) is 18.2 Å². The van der Waals surface area contributed by atoms with E-state index in [4.69, 9.17) is 15.7 Å². The number of ether oxygens (including phenoxy) is 1. The van der Waals surface area contributed by atoms with Crippen LogP contribution in [0.2, 0.25) is 0 Å². The highest BCUT2D eigenvalue weighted by atomic mass is 16.5. The van der Waals surface area contributed by atoms with E-state index in [9.17, 15) is 0 Å². The van der Waals surface area contributed by atoms with Crippen LogP contribution in [0.5, 0.6) is 5.75 Å². The summed E-state index contributed by atoms with van der Waals surface area (Å²) in [5.41, 5.74) is 5.15. The molecule has 0 aliphatic heterocycles. The summed E-state index contributed by atoms with van der Waals surface area (Å²) in [4.78, 5) is 0. The van der Waals surface area contributed by atoms with Crippen LogP contribution in [-0.2, 0) is 0 Å². The number of para-hydroxylation sites is 1. The van der Waals surface area contributed by atoms with E-state index in [1.807, 2.05) is 30.3 Å². The van der Waals surface area contributed by atoms with Crippen molar-refractivity contribution in [3.63, 3.8) is 0 Å². The fraction of sp³-hybridized carbons (Fsp3) is 0.417. The Hall–Kier alpha value is -1.53. The summed E-state index contributed by atoms with van der Waals surface area (Å²) in [6, 6.07) is 11.6. The van der Waals surface area contributed by atoms with Crippen molar-refractivity contribution in [2.24, 2.45) is 11.7 Å². The summed E-state index contributed by atoms with van der Waals surface area (Å²) in [6.45, 7) is 0.276. The van der Waals surface area contributed by atoms with Gasteiger partial charge in [0.15, 0.2) is 0 Å². The molecule has 1 fully saturated rings. The van der Waals surface area contributed by atoms with Gasteiger partial charge in [0.2, 0.25) is 0 Å². The minimum atomic E-state index is -0.810. The molecule has 1 aromatic carbocycles. The minimum Gasteiger partial charge on any atom is -0.491 e. The molecule has 0 spiro atoms. The number of hydrogen-bond donors (Lipinski definition) is 1. The molecule has 1 aromatic rings. The normalized spacial score (nSPS) is 18.9. The van der Waals surface area contributed by atoms with Crippen LogP contribution in [0.3, 0.4) is 0 Å². The third-order valence-electron chi connectivity index (χ3n) is 2.73. The van der Waals surface area contributed by atoms with E-state index in [-0.39, 0.29) is 6.61 Å². The van der Waals surface area contributed by atoms with Crippen LogP contribution in [0.4, 0.5) is 0 Å². The molecule has 0 amide bonds. The van der Waals surface area contributed by atoms with Gasteiger partial charge < -0.3 is 10.5 Å². The molecule has 0 bridgehead atoms. The summed E-state index contributed by atoms with van der Waals surface area (Å²) in [7, 11) is 0. The second-order valence-corrected chi connectivity index (χ2v) is 4.03. The van der Waals surface area contributed by atoms with Crippen molar-refractivity contribution >= 4 is 0 Å². The second kappa shape index (κ2) is 3.92. The highest BCUT2D eigenvalue weighted by Gasteiger charge is 2.43. The van der Waals surface area contributed by atoms with Crippen LogP contribution in [0.15, 0.2) is 30.3 Å². The van der Waals surface area contributed by atoms with Gasteiger partial charge in [0.25, 0.3) is 0 Å². The molecule has 1 unspecified atom stereocenters. The van der Waals surface area contributed by atoms with Crippen LogP contribution < -0.4 is 10.5 Å². The number of hydrogen-bond acceptors (Lipinski definition) is 3. The maximum absolute atomic E-state index is 9.02. The van der Waals surface area contributed by atoms with Crippen molar-refractivity contribution < 1.29 is 4.74 Å².